The van der Waals surface area contributed by atoms with Crippen molar-refractivity contribution in [3.63, 3.8) is 0 Å². The Morgan fingerprint density at radius 2 is 1.75 bits per heavy atom. The van der Waals surface area contributed by atoms with Crippen molar-refractivity contribution in [2.75, 3.05) is 13.1 Å². The van der Waals surface area contributed by atoms with E-state index in [1.165, 1.54) is 23.1 Å². The topological polar surface area (TPSA) is 86.7 Å². The van der Waals surface area contributed by atoms with Crippen molar-refractivity contribution in [3.8, 4) is 0 Å². The van der Waals surface area contributed by atoms with E-state index in [9.17, 15) is 23.9 Å². The molecule has 0 atom stereocenters. The Morgan fingerprint density at radius 3 is 2.39 bits per heavy atom. The maximum atomic E-state index is 12.9. The van der Waals surface area contributed by atoms with Gasteiger partial charge in [0.25, 0.3) is 0 Å². The molecule has 0 radical (unpaired) electrons. The van der Waals surface area contributed by atoms with Crippen LogP contribution in [0.1, 0.15) is 34.8 Å². The Hall–Kier alpha value is -3.22. The first kappa shape index (κ1) is 21.1. The molecular formula is C21H23FN2O4. The van der Waals surface area contributed by atoms with E-state index in [-0.39, 0.29) is 49.1 Å². The van der Waals surface area contributed by atoms with Crippen molar-refractivity contribution in [1.82, 2.24) is 10.2 Å². The highest BCUT2D eigenvalue weighted by molar-refractivity contribution is 5.90. The van der Waals surface area contributed by atoms with E-state index >= 15 is 0 Å². The van der Waals surface area contributed by atoms with Crippen molar-refractivity contribution in [3.05, 3.63) is 71.0 Å². The van der Waals surface area contributed by atoms with Crippen LogP contribution in [-0.2, 0) is 22.6 Å². The van der Waals surface area contributed by atoms with Gasteiger partial charge in [0, 0.05) is 19.5 Å². The highest BCUT2D eigenvalue weighted by Gasteiger charge is 2.17. The quantitative estimate of drug-likeness (QED) is 0.694. The smallest absolute Gasteiger partial charge is 0.335 e. The number of halogens is 1. The molecule has 0 fully saturated rings. The number of aromatic carboxylic acids is 1. The molecule has 2 amide bonds. The Morgan fingerprint density at radius 1 is 1.07 bits per heavy atom. The fourth-order valence-corrected chi connectivity index (χ4v) is 2.76. The molecule has 0 heterocycles. The van der Waals surface area contributed by atoms with Gasteiger partial charge in [0.2, 0.25) is 11.8 Å². The normalized spacial score (nSPS) is 10.4. The monoisotopic (exact) mass is 386 g/mol. The number of likely N-dealkylation sites (N-methyl/N-ethyl adjacent to an activating group) is 1. The van der Waals surface area contributed by atoms with Crippen LogP contribution in [0.2, 0.25) is 0 Å². The number of carboxylic acids is 1. The summed E-state index contributed by atoms with van der Waals surface area (Å²) in [5.41, 5.74) is 1.52. The van der Waals surface area contributed by atoms with E-state index in [0.29, 0.717) is 12.1 Å². The zero-order chi connectivity index (χ0) is 20.5. The van der Waals surface area contributed by atoms with E-state index in [1.54, 1.807) is 37.3 Å². The molecule has 0 aliphatic rings. The second-order valence-electron chi connectivity index (χ2n) is 6.27. The molecule has 2 aromatic rings. The van der Waals surface area contributed by atoms with Gasteiger partial charge >= 0.3 is 5.97 Å². The predicted molar refractivity (Wildman–Crippen MR) is 102 cm³/mol. The predicted octanol–water partition coefficient (Wildman–Crippen LogP) is 2.62. The number of carbonyl (C=O) groups is 3. The molecule has 0 unspecified atom stereocenters. The molecule has 2 N–H and O–H groups in total. The van der Waals surface area contributed by atoms with Crippen LogP contribution in [0.3, 0.4) is 0 Å². The van der Waals surface area contributed by atoms with E-state index in [2.05, 4.69) is 5.32 Å². The lowest BCUT2D eigenvalue weighted by molar-refractivity contribution is -0.135. The molecule has 0 aliphatic carbocycles. The maximum absolute atomic E-state index is 12.9. The van der Waals surface area contributed by atoms with Crippen LogP contribution in [0.25, 0.3) is 0 Å². The van der Waals surface area contributed by atoms with E-state index in [4.69, 9.17) is 0 Å². The number of aryl methyl sites for hydroxylation is 1. The first-order valence-corrected chi connectivity index (χ1v) is 9.00. The Labute approximate surface area is 163 Å². The Kier molecular flexibility index (Phi) is 7.68. The molecule has 0 saturated heterocycles. The second kappa shape index (κ2) is 10.2. The minimum atomic E-state index is -1.03. The van der Waals surface area contributed by atoms with Gasteiger partial charge < -0.3 is 15.3 Å². The number of carbonyl (C=O) groups excluding carboxylic acids is 2. The van der Waals surface area contributed by atoms with Gasteiger partial charge in [-0.25, -0.2) is 9.18 Å². The van der Waals surface area contributed by atoms with Crippen molar-refractivity contribution in [2.24, 2.45) is 0 Å². The average Bonchev–Trinajstić information content (AvgIpc) is 2.69. The van der Waals surface area contributed by atoms with Gasteiger partial charge in [0.05, 0.1) is 12.1 Å². The van der Waals surface area contributed by atoms with Crippen LogP contribution in [-0.4, -0.2) is 40.9 Å². The standard InChI is InChI=1S/C21H23FN2O4/c1-2-24(14-19(25)23-13-15-7-10-17(22)11-8-15)20(26)12-9-16-5-3-4-6-18(16)21(27)28/h3-8,10-11H,2,9,12-14H2,1H3,(H,23,25)(H,27,28). The fourth-order valence-electron chi connectivity index (χ4n) is 2.76. The molecule has 0 saturated carbocycles. The summed E-state index contributed by atoms with van der Waals surface area (Å²) in [6.45, 7) is 2.30. The maximum Gasteiger partial charge on any atom is 0.335 e. The number of hydrogen-bond acceptors (Lipinski definition) is 3. The van der Waals surface area contributed by atoms with E-state index < -0.39 is 5.97 Å². The summed E-state index contributed by atoms with van der Waals surface area (Å²) >= 11 is 0. The van der Waals surface area contributed by atoms with Crippen LogP contribution < -0.4 is 5.32 Å². The van der Waals surface area contributed by atoms with Gasteiger partial charge in [0.1, 0.15) is 5.82 Å². The van der Waals surface area contributed by atoms with Crippen molar-refractivity contribution < 1.29 is 23.9 Å². The number of carboxylic acid groups (broad SMARTS) is 1. The minimum Gasteiger partial charge on any atom is -0.478 e. The number of benzene rings is 2. The zero-order valence-corrected chi connectivity index (χ0v) is 15.7. The number of rotatable bonds is 9. The molecule has 28 heavy (non-hydrogen) atoms. The van der Waals surface area contributed by atoms with Crippen LogP contribution >= 0.6 is 0 Å². The second-order valence-corrected chi connectivity index (χ2v) is 6.27. The first-order valence-electron chi connectivity index (χ1n) is 9.00. The third-order valence-electron chi connectivity index (χ3n) is 4.33. The molecule has 7 heteroatoms. The lowest BCUT2D eigenvalue weighted by Gasteiger charge is -2.20. The first-order chi connectivity index (χ1) is 13.4. The Balaban J connectivity index is 1.86. The molecule has 0 aromatic heterocycles. The number of hydrogen-bond donors (Lipinski definition) is 2. The molecule has 148 valence electrons. The summed E-state index contributed by atoms with van der Waals surface area (Å²) < 4.78 is 12.9. The summed E-state index contributed by atoms with van der Waals surface area (Å²) in [5.74, 6) is -1.91. The minimum absolute atomic E-state index is 0.0862. The molecule has 0 bridgehead atoms. The molecular weight excluding hydrogens is 363 g/mol. The summed E-state index contributed by atoms with van der Waals surface area (Å²) in [7, 11) is 0. The highest BCUT2D eigenvalue weighted by Crippen LogP contribution is 2.12. The van der Waals surface area contributed by atoms with Crippen molar-refractivity contribution in [2.45, 2.75) is 26.3 Å². The number of amides is 2. The lowest BCUT2D eigenvalue weighted by atomic mass is 10.0. The van der Waals surface area contributed by atoms with Crippen LogP contribution in [0, 0.1) is 5.82 Å². The van der Waals surface area contributed by atoms with Gasteiger partial charge in [-0.1, -0.05) is 30.3 Å². The van der Waals surface area contributed by atoms with Gasteiger partial charge in [-0.3, -0.25) is 9.59 Å². The summed E-state index contributed by atoms with van der Waals surface area (Å²) in [6.07, 6.45) is 0.401. The van der Waals surface area contributed by atoms with E-state index in [0.717, 1.165) is 5.56 Å². The SMILES string of the molecule is CCN(CC(=O)NCc1ccc(F)cc1)C(=O)CCc1ccccc1C(=O)O. The molecule has 0 spiro atoms. The van der Waals surface area contributed by atoms with Gasteiger partial charge in [-0.05, 0) is 42.7 Å². The molecule has 2 rings (SSSR count). The average molecular weight is 386 g/mol. The van der Waals surface area contributed by atoms with Gasteiger partial charge in [-0.2, -0.15) is 0 Å². The largest absolute Gasteiger partial charge is 0.478 e. The third-order valence-corrected chi connectivity index (χ3v) is 4.33. The van der Waals surface area contributed by atoms with Crippen molar-refractivity contribution >= 4 is 17.8 Å². The lowest BCUT2D eigenvalue weighted by Crippen LogP contribution is -2.40. The van der Waals surface area contributed by atoms with Crippen molar-refractivity contribution in [1.29, 1.82) is 0 Å². The zero-order valence-electron chi connectivity index (χ0n) is 15.7. The summed E-state index contributed by atoms with van der Waals surface area (Å²) in [5, 5.41) is 11.9. The molecule has 6 nitrogen and oxygen atoms in total. The van der Waals surface area contributed by atoms with Gasteiger partial charge in [0.15, 0.2) is 0 Å². The van der Waals surface area contributed by atoms with Crippen LogP contribution in [0.4, 0.5) is 4.39 Å². The number of nitrogens with one attached hydrogen (secondary N) is 1. The number of nitrogens with zero attached hydrogens (tertiary/aromatic N) is 1. The fraction of sp³-hybridized carbons (Fsp3) is 0.286. The summed E-state index contributed by atoms with van der Waals surface area (Å²) in [6, 6.07) is 12.4. The van der Waals surface area contributed by atoms with Crippen LogP contribution in [0.15, 0.2) is 48.5 Å². The third kappa shape index (κ3) is 6.19. The van der Waals surface area contributed by atoms with Gasteiger partial charge in [-0.15, -0.1) is 0 Å². The Bertz CT molecular complexity index is 837. The highest BCUT2D eigenvalue weighted by atomic mass is 19.1. The van der Waals surface area contributed by atoms with Crippen LogP contribution in [0.5, 0.6) is 0 Å². The molecule has 2 aromatic carbocycles. The van der Waals surface area contributed by atoms with E-state index in [1.807, 2.05) is 0 Å². The summed E-state index contributed by atoms with van der Waals surface area (Å²) in [4.78, 5) is 37.2. The molecule has 0 aliphatic heterocycles.